The highest BCUT2D eigenvalue weighted by atomic mass is 16.5. The monoisotopic (exact) mass is 384 g/mol. The van der Waals surface area contributed by atoms with Crippen molar-refractivity contribution in [1.82, 2.24) is 20.4 Å². The van der Waals surface area contributed by atoms with Gasteiger partial charge in [-0.15, -0.1) is 0 Å². The molecule has 0 bridgehead atoms. The van der Waals surface area contributed by atoms with Gasteiger partial charge in [-0.3, -0.25) is 14.3 Å². The van der Waals surface area contributed by atoms with Crippen LogP contribution >= 0.6 is 0 Å². The van der Waals surface area contributed by atoms with Crippen LogP contribution in [0.1, 0.15) is 61.2 Å². The minimum Gasteiger partial charge on any atom is -0.463 e. The molecule has 0 radical (unpaired) electrons. The zero-order valence-electron chi connectivity index (χ0n) is 16.4. The molecule has 28 heavy (non-hydrogen) atoms. The molecule has 7 heteroatoms. The van der Waals surface area contributed by atoms with E-state index in [9.17, 15) is 9.59 Å². The predicted octanol–water partition coefficient (Wildman–Crippen LogP) is 2.62. The first-order chi connectivity index (χ1) is 13.5. The maximum Gasteiger partial charge on any atom is 0.308 e. The Kier molecular flexibility index (Phi) is 6.81. The Hall–Kier alpha value is -2.67. The molecule has 1 aromatic heterocycles. The third-order valence-corrected chi connectivity index (χ3v) is 4.73. The first-order valence-corrected chi connectivity index (χ1v) is 9.84. The molecule has 2 aromatic rings. The molecule has 7 nitrogen and oxygen atoms in total. The van der Waals surface area contributed by atoms with Crippen LogP contribution in [-0.2, 0) is 9.53 Å². The van der Waals surface area contributed by atoms with E-state index in [0.717, 1.165) is 31.5 Å². The molecule has 1 amide bonds. The number of carbonyl (C=O) groups excluding carboxylic acids is 2. The van der Waals surface area contributed by atoms with E-state index in [1.165, 1.54) is 0 Å². The summed E-state index contributed by atoms with van der Waals surface area (Å²) in [6, 6.07) is 11.0. The van der Waals surface area contributed by atoms with Gasteiger partial charge in [0, 0.05) is 12.7 Å². The van der Waals surface area contributed by atoms with Gasteiger partial charge in [0.1, 0.15) is 5.69 Å². The van der Waals surface area contributed by atoms with Gasteiger partial charge in [-0.1, -0.05) is 30.3 Å². The van der Waals surface area contributed by atoms with E-state index < -0.39 is 6.04 Å². The molecule has 1 saturated heterocycles. The summed E-state index contributed by atoms with van der Waals surface area (Å²) in [5, 5.41) is 10.7. The van der Waals surface area contributed by atoms with E-state index in [2.05, 4.69) is 15.7 Å². The van der Waals surface area contributed by atoms with Crippen LogP contribution in [0.2, 0.25) is 0 Å². The summed E-state index contributed by atoms with van der Waals surface area (Å²) in [6.07, 6.45) is 3.86. The van der Waals surface area contributed by atoms with E-state index >= 15 is 0 Å². The largest absolute Gasteiger partial charge is 0.463 e. The van der Waals surface area contributed by atoms with Gasteiger partial charge in [-0.05, 0) is 44.9 Å². The van der Waals surface area contributed by atoms with Crippen LogP contribution in [0.25, 0.3) is 0 Å². The number of aromatic nitrogens is 2. The average Bonchev–Trinajstić information content (AvgIpc) is 3.18. The van der Waals surface area contributed by atoms with Crippen LogP contribution in [0.4, 0.5) is 0 Å². The third-order valence-electron chi connectivity index (χ3n) is 4.73. The molecule has 2 N–H and O–H groups in total. The van der Waals surface area contributed by atoms with E-state index in [-0.39, 0.29) is 30.4 Å². The molecule has 2 unspecified atom stereocenters. The van der Waals surface area contributed by atoms with Crippen LogP contribution in [0.15, 0.2) is 42.6 Å². The lowest BCUT2D eigenvalue weighted by atomic mass is 10.0. The molecule has 150 valence electrons. The Morgan fingerprint density at radius 3 is 2.75 bits per heavy atom. The Morgan fingerprint density at radius 1 is 1.29 bits per heavy atom. The molecule has 3 rings (SSSR count). The van der Waals surface area contributed by atoms with Crippen molar-refractivity contribution in [2.45, 2.75) is 51.3 Å². The number of amides is 1. The van der Waals surface area contributed by atoms with Crippen LogP contribution in [0.5, 0.6) is 0 Å². The van der Waals surface area contributed by atoms with E-state index in [0.29, 0.717) is 5.69 Å². The normalized spacial score (nSPS) is 17.9. The van der Waals surface area contributed by atoms with Crippen molar-refractivity contribution in [3.05, 3.63) is 53.9 Å². The number of benzene rings is 1. The van der Waals surface area contributed by atoms with Crippen LogP contribution in [0.3, 0.4) is 0 Å². The Labute approximate surface area is 165 Å². The van der Waals surface area contributed by atoms with Gasteiger partial charge in [0.15, 0.2) is 0 Å². The number of rotatable bonds is 7. The number of nitrogens with zero attached hydrogens (tertiary/aromatic N) is 2. The highest BCUT2D eigenvalue weighted by Gasteiger charge is 2.23. The number of piperidine rings is 1. The fourth-order valence-electron chi connectivity index (χ4n) is 3.37. The van der Waals surface area contributed by atoms with E-state index in [1.54, 1.807) is 19.9 Å². The number of ether oxygens (including phenoxy) is 1. The number of hydrogen-bond acceptors (Lipinski definition) is 5. The Morgan fingerprint density at radius 2 is 2.07 bits per heavy atom. The molecule has 0 spiro atoms. The van der Waals surface area contributed by atoms with Gasteiger partial charge >= 0.3 is 5.97 Å². The van der Waals surface area contributed by atoms with Gasteiger partial charge < -0.3 is 15.4 Å². The standard InChI is InChI=1S/C21H28N4O3/c1-15(2)28-20(26)13-19(16-7-4-3-5-8-16)23-21(27)18-10-12-25(24-18)17-9-6-11-22-14-17/h3-5,7-8,10,12,15,17,19,22H,6,9,11,13-14H2,1-2H3,(H,23,27). The third kappa shape index (κ3) is 5.42. The van der Waals surface area contributed by atoms with Crippen molar-refractivity contribution in [2.24, 2.45) is 0 Å². The highest BCUT2D eigenvalue weighted by Crippen LogP contribution is 2.19. The molecule has 2 atom stereocenters. The molecular formula is C21H28N4O3. The molecule has 0 aliphatic carbocycles. The second-order valence-electron chi connectivity index (χ2n) is 7.36. The lowest BCUT2D eigenvalue weighted by Crippen LogP contribution is -2.33. The number of carbonyl (C=O) groups is 2. The maximum atomic E-state index is 12.8. The second kappa shape index (κ2) is 9.50. The minimum atomic E-state index is -0.471. The van der Waals surface area contributed by atoms with E-state index in [1.807, 2.05) is 41.2 Å². The van der Waals surface area contributed by atoms with Crippen molar-refractivity contribution in [3.63, 3.8) is 0 Å². The lowest BCUT2D eigenvalue weighted by Gasteiger charge is -2.23. The SMILES string of the molecule is CC(C)OC(=O)CC(NC(=O)c1ccn(C2CCCNC2)n1)c1ccccc1. The summed E-state index contributed by atoms with van der Waals surface area (Å²) in [5.41, 5.74) is 1.20. The van der Waals surface area contributed by atoms with Crippen LogP contribution in [-0.4, -0.2) is 40.9 Å². The van der Waals surface area contributed by atoms with Crippen molar-refractivity contribution >= 4 is 11.9 Å². The van der Waals surface area contributed by atoms with Gasteiger partial charge in [-0.2, -0.15) is 5.10 Å². The Bertz CT molecular complexity index is 782. The summed E-state index contributed by atoms with van der Waals surface area (Å²) < 4.78 is 7.11. The van der Waals surface area contributed by atoms with Crippen LogP contribution in [0, 0.1) is 0 Å². The summed E-state index contributed by atoms with van der Waals surface area (Å²) in [4.78, 5) is 24.9. The molecule has 2 heterocycles. The molecule has 1 aromatic carbocycles. The van der Waals surface area contributed by atoms with Crippen LogP contribution < -0.4 is 10.6 Å². The molecular weight excluding hydrogens is 356 g/mol. The first kappa shape index (κ1) is 20.1. The second-order valence-corrected chi connectivity index (χ2v) is 7.36. The van der Waals surface area contributed by atoms with Gasteiger partial charge in [0.25, 0.3) is 5.91 Å². The number of esters is 1. The predicted molar refractivity (Wildman–Crippen MR) is 106 cm³/mol. The molecule has 1 fully saturated rings. The smallest absolute Gasteiger partial charge is 0.308 e. The molecule has 1 aliphatic rings. The minimum absolute atomic E-state index is 0.0706. The van der Waals surface area contributed by atoms with Crippen molar-refractivity contribution < 1.29 is 14.3 Å². The number of nitrogens with one attached hydrogen (secondary N) is 2. The molecule has 0 saturated carbocycles. The number of hydrogen-bond donors (Lipinski definition) is 2. The summed E-state index contributed by atoms with van der Waals surface area (Å²) in [7, 11) is 0. The van der Waals surface area contributed by atoms with Gasteiger partial charge in [0.05, 0.1) is 24.6 Å². The summed E-state index contributed by atoms with van der Waals surface area (Å²) in [6.45, 7) is 5.49. The topological polar surface area (TPSA) is 85.2 Å². The quantitative estimate of drug-likeness (QED) is 0.717. The summed E-state index contributed by atoms with van der Waals surface area (Å²) >= 11 is 0. The fraction of sp³-hybridized carbons (Fsp3) is 0.476. The highest BCUT2D eigenvalue weighted by molar-refractivity contribution is 5.92. The zero-order chi connectivity index (χ0) is 19.9. The maximum absolute atomic E-state index is 12.8. The Balaban J connectivity index is 1.70. The van der Waals surface area contributed by atoms with Gasteiger partial charge in [-0.25, -0.2) is 0 Å². The van der Waals surface area contributed by atoms with Crippen molar-refractivity contribution in [3.8, 4) is 0 Å². The van der Waals surface area contributed by atoms with Gasteiger partial charge in [0.2, 0.25) is 0 Å². The van der Waals surface area contributed by atoms with E-state index in [4.69, 9.17) is 4.74 Å². The fourth-order valence-corrected chi connectivity index (χ4v) is 3.37. The summed E-state index contributed by atoms with van der Waals surface area (Å²) in [5.74, 6) is -0.642. The molecule has 1 aliphatic heterocycles. The first-order valence-electron chi connectivity index (χ1n) is 9.84. The van der Waals surface area contributed by atoms with Crippen molar-refractivity contribution in [2.75, 3.05) is 13.1 Å². The zero-order valence-corrected chi connectivity index (χ0v) is 16.4. The average molecular weight is 384 g/mol. The lowest BCUT2D eigenvalue weighted by molar-refractivity contribution is -0.147. The van der Waals surface area contributed by atoms with Crippen molar-refractivity contribution in [1.29, 1.82) is 0 Å².